The first-order chi connectivity index (χ1) is 14.8. The molecule has 3 heterocycles. The number of ether oxygens (including phenoxy) is 4. The van der Waals surface area contributed by atoms with E-state index >= 15 is 0 Å². The quantitative estimate of drug-likeness (QED) is 0.783. The normalized spacial score (nSPS) is 21.9. The van der Waals surface area contributed by atoms with Crippen molar-refractivity contribution in [3.63, 3.8) is 0 Å². The van der Waals surface area contributed by atoms with Crippen LogP contribution in [0.4, 0.5) is 0 Å². The molecule has 7 nitrogen and oxygen atoms in total. The fourth-order valence-electron chi connectivity index (χ4n) is 4.44. The van der Waals surface area contributed by atoms with Crippen molar-refractivity contribution in [1.29, 1.82) is 0 Å². The molecular weight excluding hydrogens is 384 g/mol. The minimum absolute atomic E-state index is 0.0592. The molecule has 5 rings (SSSR count). The van der Waals surface area contributed by atoms with Crippen molar-refractivity contribution in [3.8, 4) is 23.0 Å². The highest BCUT2D eigenvalue weighted by molar-refractivity contribution is 5.76. The summed E-state index contributed by atoms with van der Waals surface area (Å²) in [5.41, 5.74) is 2.22. The van der Waals surface area contributed by atoms with Crippen molar-refractivity contribution >= 4 is 5.91 Å². The SMILES string of the molecule is O=C(C[NH+]1CCC[C@@H]1c1ccc2c(c1)OCCCO2)NCc1ccc2c(c1)OCO2. The lowest BCUT2D eigenvalue weighted by atomic mass is 10.0. The van der Waals surface area contributed by atoms with Crippen LogP contribution < -0.4 is 29.2 Å². The van der Waals surface area contributed by atoms with E-state index in [1.54, 1.807) is 0 Å². The topological polar surface area (TPSA) is 70.5 Å². The van der Waals surface area contributed by atoms with Gasteiger partial charge in [-0.1, -0.05) is 6.07 Å². The van der Waals surface area contributed by atoms with Crippen molar-refractivity contribution < 1.29 is 28.6 Å². The molecule has 1 saturated heterocycles. The predicted octanol–water partition coefficient (Wildman–Crippen LogP) is 1.61. The van der Waals surface area contributed by atoms with E-state index in [-0.39, 0.29) is 12.7 Å². The summed E-state index contributed by atoms with van der Waals surface area (Å²) in [5.74, 6) is 3.19. The van der Waals surface area contributed by atoms with Crippen LogP contribution in [0.5, 0.6) is 23.0 Å². The van der Waals surface area contributed by atoms with Gasteiger partial charge in [-0.05, 0) is 35.9 Å². The summed E-state index contributed by atoms with van der Waals surface area (Å²) in [4.78, 5) is 13.9. The highest BCUT2D eigenvalue weighted by Gasteiger charge is 2.32. The van der Waals surface area contributed by atoms with Crippen LogP contribution >= 0.6 is 0 Å². The summed E-state index contributed by atoms with van der Waals surface area (Å²) in [5, 5.41) is 3.05. The highest BCUT2D eigenvalue weighted by Crippen LogP contribution is 2.34. The number of amides is 1. The molecule has 2 N–H and O–H groups in total. The van der Waals surface area contributed by atoms with E-state index in [0.717, 1.165) is 54.4 Å². The molecule has 1 unspecified atom stereocenters. The van der Waals surface area contributed by atoms with Gasteiger partial charge < -0.3 is 29.2 Å². The molecule has 0 aliphatic carbocycles. The maximum Gasteiger partial charge on any atom is 0.275 e. The lowest BCUT2D eigenvalue weighted by Crippen LogP contribution is -3.11. The van der Waals surface area contributed by atoms with Gasteiger partial charge in [0.25, 0.3) is 5.91 Å². The Labute approximate surface area is 175 Å². The van der Waals surface area contributed by atoms with E-state index in [0.29, 0.717) is 32.3 Å². The number of carbonyl (C=O) groups excluding carboxylic acids is 1. The Balaban J connectivity index is 1.20. The molecule has 2 aromatic rings. The average molecular weight is 411 g/mol. The standard InChI is InChI=1S/C23H26N2O5/c26-23(24-13-16-4-6-20-21(11-16)30-15-29-20)14-25-8-1-3-18(25)17-5-7-19-22(12-17)28-10-2-9-27-19/h4-7,11-12,18H,1-3,8-10,13-15H2,(H,24,26)/p+1/t18-/m1/s1. The highest BCUT2D eigenvalue weighted by atomic mass is 16.7. The van der Waals surface area contributed by atoms with Crippen molar-refractivity contribution in [2.45, 2.75) is 31.8 Å². The molecule has 3 aliphatic rings. The number of likely N-dealkylation sites (tertiary alicyclic amines) is 1. The first kappa shape index (κ1) is 19.1. The Morgan fingerprint density at radius 2 is 1.70 bits per heavy atom. The van der Waals surface area contributed by atoms with Crippen LogP contribution in [0.2, 0.25) is 0 Å². The lowest BCUT2D eigenvalue weighted by Gasteiger charge is -2.22. The number of hydrogen-bond donors (Lipinski definition) is 2. The third-order valence-corrected chi connectivity index (χ3v) is 5.97. The molecule has 1 fully saturated rings. The van der Waals surface area contributed by atoms with Gasteiger partial charge in [-0.15, -0.1) is 0 Å². The molecular formula is C23H27N2O5+. The molecule has 30 heavy (non-hydrogen) atoms. The number of hydrogen-bond acceptors (Lipinski definition) is 5. The minimum atomic E-state index is 0.0592. The van der Waals surface area contributed by atoms with Crippen molar-refractivity contribution in [2.75, 3.05) is 33.1 Å². The first-order valence-electron chi connectivity index (χ1n) is 10.7. The third kappa shape index (κ3) is 4.03. The Bertz CT molecular complexity index is 932. The molecule has 0 saturated carbocycles. The van der Waals surface area contributed by atoms with Gasteiger partial charge in [0.15, 0.2) is 29.5 Å². The monoisotopic (exact) mass is 411 g/mol. The van der Waals surface area contributed by atoms with Crippen molar-refractivity contribution in [2.24, 2.45) is 0 Å². The van der Waals surface area contributed by atoms with Crippen LogP contribution in [0.1, 0.15) is 36.4 Å². The first-order valence-corrected chi connectivity index (χ1v) is 10.7. The van der Waals surface area contributed by atoms with E-state index < -0.39 is 0 Å². The number of carbonyl (C=O) groups is 1. The molecule has 3 aliphatic heterocycles. The van der Waals surface area contributed by atoms with Crippen LogP contribution in [0.15, 0.2) is 36.4 Å². The second-order valence-corrected chi connectivity index (χ2v) is 8.00. The zero-order chi connectivity index (χ0) is 20.3. The number of benzene rings is 2. The predicted molar refractivity (Wildman–Crippen MR) is 109 cm³/mol. The van der Waals surface area contributed by atoms with Crippen LogP contribution in [0.3, 0.4) is 0 Å². The van der Waals surface area contributed by atoms with Crippen molar-refractivity contribution in [1.82, 2.24) is 5.32 Å². The molecule has 1 amide bonds. The number of quaternary nitrogens is 1. The summed E-state index contributed by atoms with van der Waals surface area (Å²) in [6.45, 7) is 3.57. The molecule has 7 heteroatoms. The van der Waals surface area contributed by atoms with E-state index in [9.17, 15) is 4.79 Å². The van der Waals surface area contributed by atoms with Gasteiger partial charge in [-0.3, -0.25) is 4.79 Å². The van der Waals surface area contributed by atoms with Gasteiger partial charge in [0, 0.05) is 31.4 Å². The van der Waals surface area contributed by atoms with E-state index in [2.05, 4.69) is 17.4 Å². The van der Waals surface area contributed by atoms with Gasteiger partial charge >= 0.3 is 0 Å². The zero-order valence-electron chi connectivity index (χ0n) is 16.9. The number of nitrogens with one attached hydrogen (secondary N) is 2. The van der Waals surface area contributed by atoms with Gasteiger partial charge in [0.1, 0.15) is 6.04 Å². The minimum Gasteiger partial charge on any atom is -0.490 e. The van der Waals surface area contributed by atoms with Crippen molar-refractivity contribution in [3.05, 3.63) is 47.5 Å². The molecule has 0 radical (unpaired) electrons. The second-order valence-electron chi connectivity index (χ2n) is 8.00. The summed E-state index contributed by atoms with van der Waals surface area (Å²) in [6, 6.07) is 12.3. The van der Waals surface area contributed by atoms with Gasteiger partial charge in [-0.2, -0.15) is 0 Å². The summed E-state index contributed by atoms with van der Waals surface area (Å²) in [6.07, 6.45) is 3.09. The Hall–Kier alpha value is -2.93. The van der Waals surface area contributed by atoms with Crippen LogP contribution in [0, 0.1) is 0 Å². The maximum atomic E-state index is 12.6. The molecule has 0 spiro atoms. The Kier molecular flexibility index (Phi) is 5.36. The molecule has 0 aromatic heterocycles. The molecule has 2 aromatic carbocycles. The maximum absolute atomic E-state index is 12.6. The smallest absolute Gasteiger partial charge is 0.275 e. The molecule has 158 valence electrons. The number of rotatable bonds is 5. The molecule has 0 bridgehead atoms. The Morgan fingerprint density at radius 1 is 0.933 bits per heavy atom. The second kappa shape index (κ2) is 8.44. The van der Waals surface area contributed by atoms with E-state index in [1.807, 2.05) is 24.3 Å². The fraction of sp³-hybridized carbons (Fsp3) is 0.435. The molecule has 2 atom stereocenters. The van der Waals surface area contributed by atoms with Crippen LogP contribution in [-0.2, 0) is 11.3 Å². The largest absolute Gasteiger partial charge is 0.490 e. The van der Waals surface area contributed by atoms with Crippen LogP contribution in [-0.4, -0.2) is 39.0 Å². The number of fused-ring (bicyclic) bond motifs is 2. The summed E-state index contributed by atoms with van der Waals surface area (Å²) in [7, 11) is 0. The van der Waals surface area contributed by atoms with E-state index in [4.69, 9.17) is 18.9 Å². The summed E-state index contributed by atoms with van der Waals surface area (Å²) >= 11 is 0. The van der Waals surface area contributed by atoms with Crippen LogP contribution in [0.25, 0.3) is 0 Å². The summed E-state index contributed by atoms with van der Waals surface area (Å²) < 4.78 is 22.3. The van der Waals surface area contributed by atoms with Gasteiger partial charge in [-0.25, -0.2) is 0 Å². The zero-order valence-corrected chi connectivity index (χ0v) is 16.9. The fourth-order valence-corrected chi connectivity index (χ4v) is 4.44. The van der Waals surface area contributed by atoms with Gasteiger partial charge in [0.05, 0.1) is 19.8 Å². The average Bonchev–Trinajstić information content (AvgIpc) is 3.35. The van der Waals surface area contributed by atoms with E-state index in [1.165, 1.54) is 10.5 Å². The lowest BCUT2D eigenvalue weighted by molar-refractivity contribution is -0.910. The third-order valence-electron chi connectivity index (χ3n) is 5.97. The van der Waals surface area contributed by atoms with Gasteiger partial charge in [0.2, 0.25) is 6.79 Å². The Morgan fingerprint density at radius 3 is 2.63 bits per heavy atom.